The number of halogens is 1. The van der Waals surface area contributed by atoms with Crippen molar-refractivity contribution in [3.8, 4) is 11.5 Å². The lowest BCUT2D eigenvalue weighted by Gasteiger charge is -2.20. The van der Waals surface area contributed by atoms with Crippen LogP contribution in [-0.4, -0.2) is 31.6 Å². The molecule has 1 aromatic heterocycles. The molecule has 2 aromatic carbocycles. The minimum Gasteiger partial charge on any atom is -0.507 e. The van der Waals surface area contributed by atoms with Gasteiger partial charge in [-0.25, -0.2) is 14.4 Å². The minimum absolute atomic E-state index is 0.0296. The van der Waals surface area contributed by atoms with Crippen LogP contribution in [0.3, 0.4) is 0 Å². The van der Waals surface area contributed by atoms with Crippen LogP contribution < -0.4 is 0 Å². The summed E-state index contributed by atoms with van der Waals surface area (Å²) in [4.78, 5) is 16.8. The van der Waals surface area contributed by atoms with E-state index in [1.807, 2.05) is 0 Å². The second-order valence-electron chi connectivity index (χ2n) is 6.47. The Bertz CT molecular complexity index is 1290. The van der Waals surface area contributed by atoms with Crippen molar-refractivity contribution in [2.24, 2.45) is 9.98 Å². The number of phenolic OH excluding ortho intramolecular Hbond substituents is 2. The molecule has 0 amide bonds. The summed E-state index contributed by atoms with van der Waals surface area (Å²) in [6, 6.07) is 13.6. The zero-order valence-corrected chi connectivity index (χ0v) is 14.9. The highest BCUT2D eigenvalue weighted by Gasteiger charge is 2.28. The minimum atomic E-state index is -0.624. The first-order valence-electron chi connectivity index (χ1n) is 8.80. The SMILES string of the molecule is Oc1ccccc1C1=CN=C1c1ncc(F)c(C2=NC=C2c2ccccc2O)n1. The predicted octanol–water partition coefficient (Wildman–Crippen LogP) is 3.71. The van der Waals surface area contributed by atoms with Gasteiger partial charge in [0.15, 0.2) is 11.6 Å². The summed E-state index contributed by atoms with van der Waals surface area (Å²) < 4.78 is 14.5. The number of rotatable bonds is 4. The Balaban J connectivity index is 1.48. The lowest BCUT2D eigenvalue weighted by molar-refractivity contribution is 0.473. The first kappa shape index (κ1) is 17.0. The zero-order chi connectivity index (χ0) is 20.0. The van der Waals surface area contributed by atoms with E-state index in [0.29, 0.717) is 33.7 Å². The van der Waals surface area contributed by atoms with Gasteiger partial charge in [0.2, 0.25) is 0 Å². The lowest BCUT2D eigenvalue weighted by atomic mass is 9.94. The fourth-order valence-electron chi connectivity index (χ4n) is 3.20. The van der Waals surface area contributed by atoms with Crippen molar-refractivity contribution in [2.75, 3.05) is 0 Å². The van der Waals surface area contributed by atoms with Crippen molar-refractivity contribution in [2.45, 2.75) is 0 Å². The highest BCUT2D eigenvalue weighted by atomic mass is 19.1. The van der Waals surface area contributed by atoms with Gasteiger partial charge in [0.05, 0.1) is 6.20 Å². The summed E-state index contributed by atoms with van der Waals surface area (Å²) in [5.74, 6) is -0.203. The second-order valence-corrected chi connectivity index (χ2v) is 6.47. The molecular formula is C22H13FN4O2. The van der Waals surface area contributed by atoms with Gasteiger partial charge < -0.3 is 10.2 Å². The van der Waals surface area contributed by atoms with E-state index in [0.717, 1.165) is 6.20 Å². The van der Waals surface area contributed by atoms with Gasteiger partial charge in [-0.15, -0.1) is 0 Å². The normalized spacial score (nSPS) is 14.8. The first-order chi connectivity index (χ1) is 14.1. The summed E-state index contributed by atoms with van der Waals surface area (Å²) >= 11 is 0. The highest BCUT2D eigenvalue weighted by Crippen LogP contribution is 2.34. The van der Waals surface area contributed by atoms with E-state index in [-0.39, 0.29) is 23.0 Å². The molecule has 6 nitrogen and oxygen atoms in total. The van der Waals surface area contributed by atoms with Crippen LogP contribution in [0.1, 0.15) is 22.6 Å². The third-order valence-electron chi connectivity index (χ3n) is 4.72. The monoisotopic (exact) mass is 384 g/mol. The Kier molecular flexibility index (Phi) is 3.80. The topological polar surface area (TPSA) is 91.0 Å². The van der Waals surface area contributed by atoms with Crippen LogP contribution in [0, 0.1) is 5.82 Å². The van der Waals surface area contributed by atoms with Gasteiger partial charge in [-0.3, -0.25) is 9.98 Å². The van der Waals surface area contributed by atoms with Gasteiger partial charge >= 0.3 is 0 Å². The molecule has 5 rings (SSSR count). The molecule has 2 aliphatic rings. The third-order valence-corrected chi connectivity index (χ3v) is 4.72. The quantitative estimate of drug-likeness (QED) is 0.717. The number of aromatic nitrogens is 2. The standard InChI is InChI=1S/C22H13FN4O2/c23-16-11-26-22(20-15(10-25-20)13-6-2-4-8-18(13)29)27-21(16)19-14(9-24-19)12-5-1-3-7-17(12)28/h1-11,28-29H. The zero-order valence-electron chi connectivity index (χ0n) is 14.9. The summed E-state index contributed by atoms with van der Waals surface area (Å²) in [7, 11) is 0. The smallest absolute Gasteiger partial charge is 0.179 e. The Morgan fingerprint density at radius 3 is 1.79 bits per heavy atom. The summed E-state index contributed by atoms with van der Waals surface area (Å²) in [5.41, 5.74) is 3.24. The number of aromatic hydroxyl groups is 2. The predicted molar refractivity (Wildman–Crippen MR) is 107 cm³/mol. The Labute approximate surface area is 164 Å². The van der Waals surface area contributed by atoms with Crippen molar-refractivity contribution >= 4 is 22.6 Å². The summed E-state index contributed by atoms with van der Waals surface area (Å²) in [5, 5.41) is 20.2. The molecular weight excluding hydrogens is 371 g/mol. The molecule has 3 aromatic rings. The molecule has 3 heterocycles. The molecule has 0 bridgehead atoms. The van der Waals surface area contributed by atoms with Gasteiger partial charge in [0.1, 0.15) is 28.6 Å². The first-order valence-corrected chi connectivity index (χ1v) is 8.80. The van der Waals surface area contributed by atoms with Crippen LogP contribution in [0.5, 0.6) is 11.5 Å². The molecule has 0 saturated carbocycles. The van der Waals surface area contributed by atoms with E-state index >= 15 is 0 Å². The molecule has 0 spiro atoms. The number of aliphatic imine (C=N–C) groups is 2. The fourth-order valence-corrected chi connectivity index (χ4v) is 3.20. The number of benzene rings is 2. The van der Waals surface area contributed by atoms with Crippen LogP contribution in [0.15, 0.2) is 77.1 Å². The Morgan fingerprint density at radius 2 is 1.28 bits per heavy atom. The maximum atomic E-state index is 14.5. The van der Waals surface area contributed by atoms with E-state index in [1.165, 1.54) is 0 Å². The van der Waals surface area contributed by atoms with Crippen molar-refractivity contribution in [1.29, 1.82) is 0 Å². The van der Waals surface area contributed by atoms with Gasteiger partial charge in [0, 0.05) is 34.7 Å². The second kappa shape index (κ2) is 6.49. The summed E-state index contributed by atoms with van der Waals surface area (Å²) in [6.07, 6.45) is 4.23. The van der Waals surface area contributed by atoms with Crippen LogP contribution in [0.4, 0.5) is 4.39 Å². The average Bonchev–Trinajstić information content (AvgIpc) is 2.66. The van der Waals surface area contributed by atoms with E-state index in [1.54, 1.807) is 60.9 Å². The molecule has 2 aliphatic heterocycles. The van der Waals surface area contributed by atoms with Gasteiger partial charge in [-0.2, -0.15) is 0 Å². The van der Waals surface area contributed by atoms with E-state index < -0.39 is 5.82 Å². The average molecular weight is 384 g/mol. The maximum Gasteiger partial charge on any atom is 0.179 e. The van der Waals surface area contributed by atoms with Crippen molar-refractivity contribution < 1.29 is 14.6 Å². The number of nitrogens with zero attached hydrogens (tertiary/aromatic N) is 4. The van der Waals surface area contributed by atoms with Crippen LogP contribution in [0.2, 0.25) is 0 Å². The van der Waals surface area contributed by atoms with E-state index in [9.17, 15) is 14.6 Å². The molecule has 0 atom stereocenters. The Hall–Kier alpha value is -4.13. The maximum absolute atomic E-state index is 14.5. The molecule has 0 unspecified atom stereocenters. The van der Waals surface area contributed by atoms with Crippen molar-refractivity contribution in [3.05, 3.63) is 95.6 Å². The fraction of sp³-hybridized carbons (Fsp3) is 0. The van der Waals surface area contributed by atoms with Gasteiger partial charge in [0.25, 0.3) is 0 Å². The molecule has 0 aliphatic carbocycles. The molecule has 0 saturated heterocycles. The number of hydrogen-bond acceptors (Lipinski definition) is 6. The van der Waals surface area contributed by atoms with Gasteiger partial charge in [-0.1, -0.05) is 36.4 Å². The molecule has 2 N–H and O–H groups in total. The molecule has 140 valence electrons. The lowest BCUT2D eigenvalue weighted by Crippen LogP contribution is -2.20. The largest absolute Gasteiger partial charge is 0.507 e. The van der Waals surface area contributed by atoms with Crippen molar-refractivity contribution in [3.63, 3.8) is 0 Å². The third kappa shape index (κ3) is 2.71. The number of para-hydroxylation sites is 2. The highest BCUT2D eigenvalue weighted by molar-refractivity contribution is 6.37. The number of allylic oxidation sites excluding steroid dienone is 2. The number of phenols is 2. The number of hydrogen-bond donors (Lipinski definition) is 2. The molecule has 29 heavy (non-hydrogen) atoms. The Morgan fingerprint density at radius 1 is 0.724 bits per heavy atom. The molecule has 0 radical (unpaired) electrons. The van der Waals surface area contributed by atoms with Crippen LogP contribution in [-0.2, 0) is 0 Å². The van der Waals surface area contributed by atoms with Gasteiger partial charge in [-0.05, 0) is 12.1 Å². The van der Waals surface area contributed by atoms with Crippen molar-refractivity contribution in [1.82, 2.24) is 9.97 Å². The van der Waals surface area contributed by atoms with E-state index in [2.05, 4.69) is 20.0 Å². The van der Waals surface area contributed by atoms with E-state index in [4.69, 9.17) is 0 Å². The molecule has 7 heteroatoms. The van der Waals surface area contributed by atoms with Crippen LogP contribution in [0.25, 0.3) is 11.1 Å². The van der Waals surface area contributed by atoms with Crippen LogP contribution >= 0.6 is 0 Å². The summed E-state index contributed by atoms with van der Waals surface area (Å²) in [6.45, 7) is 0. The molecule has 0 fully saturated rings.